The largest absolute Gasteiger partial charge is 0.402 e. The smallest absolute Gasteiger partial charge is 0.365 e. The van der Waals surface area contributed by atoms with Gasteiger partial charge in [-0.25, -0.2) is 9.79 Å². The van der Waals surface area contributed by atoms with Gasteiger partial charge in [-0.1, -0.05) is 36.4 Å². The van der Waals surface area contributed by atoms with E-state index >= 15 is 0 Å². The highest BCUT2D eigenvalue weighted by molar-refractivity contribution is 6.16. The first-order chi connectivity index (χ1) is 11.3. The Morgan fingerprint density at radius 3 is 2.74 bits per heavy atom. The molecule has 0 aliphatic carbocycles. The standard InChI is InChI=1S/C18H17N3O2/c22-18-16(12-21-10-8-19-9-11-21)20-17(23-18)15-7-3-5-13-4-1-2-6-14(13)15/h1-7,12,19H,8-11H2/b16-12+. The van der Waals surface area contributed by atoms with Crippen LogP contribution in [0.2, 0.25) is 0 Å². The quantitative estimate of drug-likeness (QED) is 0.680. The molecule has 5 heteroatoms. The Kier molecular flexibility index (Phi) is 3.55. The number of cyclic esters (lactones) is 1. The Balaban J connectivity index is 1.70. The summed E-state index contributed by atoms with van der Waals surface area (Å²) >= 11 is 0. The van der Waals surface area contributed by atoms with Crippen LogP contribution in [0.25, 0.3) is 10.8 Å². The first kappa shape index (κ1) is 14.0. The lowest BCUT2D eigenvalue weighted by Gasteiger charge is -2.25. The first-order valence-electron chi connectivity index (χ1n) is 7.77. The highest BCUT2D eigenvalue weighted by atomic mass is 16.6. The maximum atomic E-state index is 12.1. The van der Waals surface area contributed by atoms with Crippen LogP contribution in [0.15, 0.2) is 59.4 Å². The van der Waals surface area contributed by atoms with E-state index < -0.39 is 0 Å². The number of benzene rings is 2. The predicted molar refractivity (Wildman–Crippen MR) is 89.1 cm³/mol. The third-order valence-electron chi connectivity index (χ3n) is 4.10. The van der Waals surface area contributed by atoms with E-state index in [-0.39, 0.29) is 5.97 Å². The van der Waals surface area contributed by atoms with Gasteiger partial charge in [0.1, 0.15) is 0 Å². The second-order valence-corrected chi connectivity index (χ2v) is 5.63. The molecule has 2 aromatic carbocycles. The van der Waals surface area contributed by atoms with Gasteiger partial charge < -0.3 is 15.0 Å². The molecule has 1 saturated heterocycles. The molecule has 1 N–H and O–H groups in total. The number of nitrogens with one attached hydrogen (secondary N) is 1. The SMILES string of the molecule is O=C1OC(c2cccc3ccccc23)=N/C1=C/N1CCNCC1. The van der Waals surface area contributed by atoms with Crippen LogP contribution in [0, 0.1) is 0 Å². The molecule has 2 aliphatic heterocycles. The van der Waals surface area contributed by atoms with Crippen molar-refractivity contribution >= 4 is 22.6 Å². The van der Waals surface area contributed by atoms with Crippen molar-refractivity contribution in [2.75, 3.05) is 26.2 Å². The molecule has 0 radical (unpaired) electrons. The van der Waals surface area contributed by atoms with E-state index in [2.05, 4.69) is 15.2 Å². The third-order valence-corrected chi connectivity index (χ3v) is 4.10. The number of ether oxygens (including phenoxy) is 1. The molecule has 0 atom stereocenters. The van der Waals surface area contributed by atoms with Gasteiger partial charge in [0, 0.05) is 37.9 Å². The van der Waals surface area contributed by atoms with Crippen LogP contribution in [-0.4, -0.2) is 42.9 Å². The number of carbonyl (C=O) groups is 1. The number of rotatable bonds is 2. The van der Waals surface area contributed by atoms with E-state index in [0.29, 0.717) is 11.6 Å². The van der Waals surface area contributed by atoms with Gasteiger partial charge in [0.2, 0.25) is 5.90 Å². The monoisotopic (exact) mass is 307 g/mol. The first-order valence-corrected chi connectivity index (χ1v) is 7.77. The molecule has 0 bridgehead atoms. The van der Waals surface area contributed by atoms with Crippen LogP contribution >= 0.6 is 0 Å². The van der Waals surface area contributed by atoms with Gasteiger partial charge >= 0.3 is 5.97 Å². The zero-order chi connectivity index (χ0) is 15.6. The number of hydrogen-bond donors (Lipinski definition) is 1. The lowest BCUT2D eigenvalue weighted by molar-refractivity contribution is -0.130. The van der Waals surface area contributed by atoms with Crippen LogP contribution in [0.1, 0.15) is 5.56 Å². The predicted octanol–water partition coefficient (Wildman–Crippen LogP) is 1.89. The molecule has 4 rings (SSSR count). The van der Waals surface area contributed by atoms with Gasteiger partial charge in [-0.2, -0.15) is 0 Å². The van der Waals surface area contributed by atoms with Gasteiger partial charge in [-0.05, 0) is 16.8 Å². The van der Waals surface area contributed by atoms with Crippen molar-refractivity contribution in [1.82, 2.24) is 10.2 Å². The van der Waals surface area contributed by atoms with E-state index in [9.17, 15) is 4.79 Å². The Labute approximate surface area is 134 Å². The molecule has 2 aromatic rings. The van der Waals surface area contributed by atoms with Crippen LogP contribution in [0.5, 0.6) is 0 Å². The fourth-order valence-electron chi connectivity index (χ4n) is 2.91. The van der Waals surface area contributed by atoms with Crippen molar-refractivity contribution in [3.8, 4) is 0 Å². The summed E-state index contributed by atoms with van der Waals surface area (Å²) in [6, 6.07) is 13.9. The van der Waals surface area contributed by atoms with E-state index in [4.69, 9.17) is 4.74 Å². The Morgan fingerprint density at radius 1 is 1.09 bits per heavy atom. The summed E-state index contributed by atoms with van der Waals surface area (Å²) in [5.41, 5.74) is 1.22. The molecular formula is C18H17N3O2. The fourth-order valence-corrected chi connectivity index (χ4v) is 2.91. The highest BCUT2D eigenvalue weighted by Gasteiger charge is 2.26. The van der Waals surface area contributed by atoms with Gasteiger partial charge in [-0.3, -0.25) is 0 Å². The fraction of sp³-hybridized carbons (Fsp3) is 0.222. The number of piperazine rings is 1. The normalized spacial score (nSPS) is 20.0. The number of aliphatic imine (C=N–C) groups is 1. The second-order valence-electron chi connectivity index (χ2n) is 5.63. The molecule has 0 unspecified atom stereocenters. The molecule has 5 nitrogen and oxygen atoms in total. The van der Waals surface area contributed by atoms with Gasteiger partial charge in [0.15, 0.2) is 5.70 Å². The van der Waals surface area contributed by atoms with E-state index in [0.717, 1.165) is 42.5 Å². The number of fused-ring (bicyclic) bond motifs is 1. The molecule has 2 aliphatic rings. The average molecular weight is 307 g/mol. The Morgan fingerprint density at radius 2 is 1.87 bits per heavy atom. The van der Waals surface area contributed by atoms with Crippen LogP contribution < -0.4 is 5.32 Å². The topological polar surface area (TPSA) is 53.9 Å². The number of carbonyl (C=O) groups excluding carboxylic acids is 1. The van der Waals surface area contributed by atoms with E-state index in [1.807, 2.05) is 42.5 Å². The van der Waals surface area contributed by atoms with E-state index in [1.165, 1.54) is 0 Å². The summed E-state index contributed by atoms with van der Waals surface area (Å²) in [6.45, 7) is 3.57. The number of hydrogen-bond acceptors (Lipinski definition) is 5. The number of esters is 1. The molecule has 0 saturated carbocycles. The van der Waals surface area contributed by atoms with Gasteiger partial charge in [0.25, 0.3) is 0 Å². The lowest BCUT2D eigenvalue weighted by atomic mass is 10.0. The number of nitrogens with zero attached hydrogens (tertiary/aromatic N) is 2. The highest BCUT2D eigenvalue weighted by Crippen LogP contribution is 2.24. The van der Waals surface area contributed by atoms with Crippen LogP contribution in [0.3, 0.4) is 0 Å². The molecule has 0 spiro atoms. The third kappa shape index (κ3) is 2.71. The lowest BCUT2D eigenvalue weighted by Crippen LogP contribution is -2.40. The minimum atomic E-state index is -0.383. The second kappa shape index (κ2) is 5.85. The van der Waals surface area contributed by atoms with Crippen molar-refractivity contribution in [2.45, 2.75) is 0 Å². The summed E-state index contributed by atoms with van der Waals surface area (Å²) < 4.78 is 5.41. The summed E-state index contributed by atoms with van der Waals surface area (Å²) in [6.07, 6.45) is 1.81. The Bertz CT molecular complexity index is 815. The Hall–Kier alpha value is -2.66. The van der Waals surface area contributed by atoms with Crippen molar-refractivity contribution in [1.29, 1.82) is 0 Å². The van der Waals surface area contributed by atoms with Crippen molar-refractivity contribution in [2.24, 2.45) is 4.99 Å². The minimum absolute atomic E-state index is 0.370. The van der Waals surface area contributed by atoms with E-state index in [1.54, 1.807) is 6.20 Å². The van der Waals surface area contributed by atoms with Gasteiger partial charge in [-0.15, -0.1) is 0 Å². The average Bonchev–Trinajstić information content (AvgIpc) is 2.96. The molecule has 116 valence electrons. The minimum Gasteiger partial charge on any atom is -0.402 e. The molecular weight excluding hydrogens is 290 g/mol. The van der Waals surface area contributed by atoms with Crippen molar-refractivity contribution < 1.29 is 9.53 Å². The van der Waals surface area contributed by atoms with Crippen LogP contribution in [0.4, 0.5) is 0 Å². The van der Waals surface area contributed by atoms with Crippen molar-refractivity contribution in [3.63, 3.8) is 0 Å². The zero-order valence-corrected chi connectivity index (χ0v) is 12.7. The molecule has 0 amide bonds. The van der Waals surface area contributed by atoms with Gasteiger partial charge in [0.05, 0.1) is 0 Å². The maximum absolute atomic E-state index is 12.1. The molecule has 0 aromatic heterocycles. The molecule has 23 heavy (non-hydrogen) atoms. The molecule has 2 heterocycles. The summed E-state index contributed by atoms with van der Waals surface area (Å²) in [7, 11) is 0. The summed E-state index contributed by atoms with van der Waals surface area (Å²) in [5.74, 6) is -0.000323. The maximum Gasteiger partial charge on any atom is 0.365 e. The molecule has 1 fully saturated rings. The van der Waals surface area contributed by atoms with Crippen molar-refractivity contribution in [3.05, 3.63) is 59.9 Å². The zero-order valence-electron chi connectivity index (χ0n) is 12.7. The summed E-state index contributed by atoms with van der Waals surface area (Å²) in [4.78, 5) is 18.6. The summed E-state index contributed by atoms with van der Waals surface area (Å²) in [5, 5.41) is 5.42. The van der Waals surface area contributed by atoms with Crippen LogP contribution in [-0.2, 0) is 9.53 Å².